The van der Waals surface area contributed by atoms with Crippen LogP contribution >= 0.6 is 0 Å². The zero-order valence-electron chi connectivity index (χ0n) is 16.9. The second-order valence-corrected chi connectivity index (χ2v) is 7.15. The molecule has 156 valence electrons. The summed E-state index contributed by atoms with van der Waals surface area (Å²) >= 11 is 0. The first-order chi connectivity index (χ1) is 14.8. The first kappa shape index (κ1) is 20.1. The molecule has 3 aromatic rings. The molecule has 1 saturated heterocycles. The van der Waals surface area contributed by atoms with E-state index in [0.29, 0.717) is 5.69 Å². The standard InChI is InChI=1S/C23H19FN4O3/c1-26(2)16-8-10-17(11-9-16)27-12-4-7-18(27)14-20-21(29)25-23(31)28(22(20)30)19-6-3-5-15(24)13-19/h3-14H,1-2H3,(H,25,29,31). The smallest absolute Gasteiger partial charge is 0.335 e. The highest BCUT2D eigenvalue weighted by molar-refractivity contribution is 6.39. The number of aromatic nitrogens is 1. The maximum absolute atomic E-state index is 13.6. The highest BCUT2D eigenvalue weighted by Crippen LogP contribution is 2.24. The minimum atomic E-state index is -0.924. The highest BCUT2D eigenvalue weighted by atomic mass is 19.1. The molecule has 0 bridgehead atoms. The van der Waals surface area contributed by atoms with Crippen LogP contribution in [0.15, 0.2) is 72.4 Å². The lowest BCUT2D eigenvalue weighted by atomic mass is 10.1. The zero-order valence-corrected chi connectivity index (χ0v) is 16.9. The van der Waals surface area contributed by atoms with Crippen molar-refractivity contribution < 1.29 is 18.8 Å². The number of nitrogens with zero attached hydrogens (tertiary/aromatic N) is 3. The van der Waals surface area contributed by atoms with Gasteiger partial charge in [-0.05, 0) is 60.7 Å². The predicted molar refractivity (Wildman–Crippen MR) is 115 cm³/mol. The fourth-order valence-electron chi connectivity index (χ4n) is 3.31. The lowest BCUT2D eigenvalue weighted by Crippen LogP contribution is -2.54. The van der Waals surface area contributed by atoms with Gasteiger partial charge in [0, 0.05) is 37.4 Å². The lowest BCUT2D eigenvalue weighted by Gasteiger charge is -2.26. The van der Waals surface area contributed by atoms with Crippen LogP contribution in [-0.2, 0) is 9.59 Å². The third-order valence-corrected chi connectivity index (χ3v) is 4.88. The third kappa shape index (κ3) is 3.83. The summed E-state index contributed by atoms with van der Waals surface area (Å²) in [4.78, 5) is 40.4. The van der Waals surface area contributed by atoms with Crippen molar-refractivity contribution in [1.29, 1.82) is 0 Å². The van der Waals surface area contributed by atoms with E-state index in [1.165, 1.54) is 24.3 Å². The van der Waals surface area contributed by atoms with E-state index in [0.717, 1.165) is 22.3 Å². The minimum absolute atomic E-state index is 0.0376. The van der Waals surface area contributed by atoms with Gasteiger partial charge in [-0.15, -0.1) is 0 Å². The molecule has 31 heavy (non-hydrogen) atoms. The van der Waals surface area contributed by atoms with Gasteiger partial charge in [0.1, 0.15) is 11.4 Å². The molecule has 1 aliphatic heterocycles. The number of carbonyl (C=O) groups is 3. The van der Waals surface area contributed by atoms with E-state index < -0.39 is 23.7 Å². The van der Waals surface area contributed by atoms with Gasteiger partial charge in [0.05, 0.1) is 5.69 Å². The van der Waals surface area contributed by atoms with Gasteiger partial charge in [-0.1, -0.05) is 6.07 Å². The van der Waals surface area contributed by atoms with E-state index in [4.69, 9.17) is 0 Å². The van der Waals surface area contributed by atoms with Crippen LogP contribution < -0.4 is 15.1 Å². The van der Waals surface area contributed by atoms with Gasteiger partial charge in [0.15, 0.2) is 0 Å². The molecule has 0 aliphatic carbocycles. The van der Waals surface area contributed by atoms with Gasteiger partial charge in [0.2, 0.25) is 0 Å². The molecule has 1 fully saturated rings. The molecule has 8 heteroatoms. The summed E-state index contributed by atoms with van der Waals surface area (Å²) < 4.78 is 15.4. The van der Waals surface area contributed by atoms with Gasteiger partial charge in [-0.2, -0.15) is 0 Å². The first-order valence-corrected chi connectivity index (χ1v) is 9.47. The SMILES string of the molecule is CN(C)c1ccc(-n2cccc2C=C2C(=O)NC(=O)N(c3cccc(F)c3)C2=O)cc1. The van der Waals surface area contributed by atoms with Crippen molar-refractivity contribution in [3.8, 4) is 5.69 Å². The van der Waals surface area contributed by atoms with Gasteiger partial charge in [0.25, 0.3) is 11.8 Å². The number of nitrogens with one attached hydrogen (secondary N) is 1. The Kier molecular flexibility index (Phi) is 5.12. The Morgan fingerprint density at radius 2 is 1.68 bits per heavy atom. The minimum Gasteiger partial charge on any atom is -0.378 e. The lowest BCUT2D eigenvalue weighted by molar-refractivity contribution is -0.122. The molecule has 1 aliphatic rings. The van der Waals surface area contributed by atoms with Crippen molar-refractivity contribution >= 4 is 35.3 Å². The molecule has 7 nitrogen and oxygen atoms in total. The molecule has 0 saturated carbocycles. The Hall–Kier alpha value is -4.20. The third-order valence-electron chi connectivity index (χ3n) is 4.88. The molecule has 1 N–H and O–H groups in total. The molecule has 4 amide bonds. The number of carbonyl (C=O) groups excluding carboxylic acids is 3. The molecule has 2 heterocycles. The first-order valence-electron chi connectivity index (χ1n) is 9.47. The number of rotatable bonds is 4. The van der Waals surface area contributed by atoms with Crippen molar-refractivity contribution in [2.75, 3.05) is 23.9 Å². The Bertz CT molecular complexity index is 1210. The van der Waals surface area contributed by atoms with Crippen LogP contribution in [0.3, 0.4) is 0 Å². The number of halogens is 1. The number of anilines is 2. The summed E-state index contributed by atoms with van der Waals surface area (Å²) in [5.74, 6) is -2.23. The Labute approximate surface area is 178 Å². The number of barbiturate groups is 1. The number of urea groups is 1. The average Bonchev–Trinajstić information content (AvgIpc) is 3.19. The quantitative estimate of drug-likeness (QED) is 0.521. The molecular formula is C23H19FN4O3. The maximum atomic E-state index is 13.6. The normalized spacial score (nSPS) is 15.4. The van der Waals surface area contributed by atoms with E-state index in [1.54, 1.807) is 18.3 Å². The predicted octanol–water partition coefficient (Wildman–Crippen LogP) is 3.35. The summed E-state index contributed by atoms with van der Waals surface area (Å²) in [6.07, 6.45) is 3.22. The van der Waals surface area contributed by atoms with Crippen LogP contribution in [0.1, 0.15) is 5.69 Å². The van der Waals surface area contributed by atoms with Gasteiger partial charge in [-0.3, -0.25) is 14.9 Å². The van der Waals surface area contributed by atoms with E-state index in [2.05, 4.69) is 5.32 Å². The largest absolute Gasteiger partial charge is 0.378 e. The van der Waals surface area contributed by atoms with Crippen LogP contribution in [0.5, 0.6) is 0 Å². The second-order valence-electron chi connectivity index (χ2n) is 7.15. The van der Waals surface area contributed by atoms with Crippen LogP contribution in [0.4, 0.5) is 20.6 Å². The Morgan fingerprint density at radius 1 is 0.935 bits per heavy atom. The van der Waals surface area contributed by atoms with Crippen LogP contribution in [-0.4, -0.2) is 36.5 Å². The van der Waals surface area contributed by atoms with Crippen molar-refractivity contribution in [3.05, 3.63) is 83.9 Å². The van der Waals surface area contributed by atoms with E-state index in [1.807, 2.05) is 47.8 Å². The molecule has 2 aromatic carbocycles. The molecule has 4 rings (SSSR count). The van der Waals surface area contributed by atoms with Gasteiger partial charge in [-0.25, -0.2) is 14.1 Å². The number of imide groups is 2. The summed E-state index contributed by atoms with van der Waals surface area (Å²) in [6, 6.07) is 15.4. The molecular weight excluding hydrogens is 399 g/mol. The molecule has 0 spiro atoms. The topological polar surface area (TPSA) is 74.7 Å². The van der Waals surface area contributed by atoms with Gasteiger partial charge < -0.3 is 9.47 Å². The van der Waals surface area contributed by atoms with Crippen molar-refractivity contribution in [2.45, 2.75) is 0 Å². The summed E-state index contributed by atoms with van der Waals surface area (Å²) in [5.41, 5.74) is 2.25. The van der Waals surface area contributed by atoms with E-state index in [-0.39, 0.29) is 11.3 Å². The fourth-order valence-corrected chi connectivity index (χ4v) is 3.31. The fraction of sp³-hybridized carbons (Fsp3) is 0.0870. The zero-order chi connectivity index (χ0) is 22.1. The van der Waals surface area contributed by atoms with Crippen molar-refractivity contribution in [2.24, 2.45) is 0 Å². The molecule has 0 atom stereocenters. The van der Waals surface area contributed by atoms with Crippen molar-refractivity contribution in [3.63, 3.8) is 0 Å². The average molecular weight is 418 g/mol. The Morgan fingerprint density at radius 3 is 2.35 bits per heavy atom. The highest BCUT2D eigenvalue weighted by Gasteiger charge is 2.37. The van der Waals surface area contributed by atoms with Crippen LogP contribution in [0.25, 0.3) is 11.8 Å². The Balaban J connectivity index is 1.71. The van der Waals surface area contributed by atoms with E-state index >= 15 is 0 Å². The number of hydrogen-bond donors (Lipinski definition) is 1. The summed E-state index contributed by atoms with van der Waals surface area (Å²) in [7, 11) is 3.89. The number of hydrogen-bond acceptors (Lipinski definition) is 4. The number of amides is 4. The van der Waals surface area contributed by atoms with Crippen LogP contribution in [0, 0.1) is 5.82 Å². The molecule has 1 aromatic heterocycles. The van der Waals surface area contributed by atoms with Crippen LogP contribution in [0.2, 0.25) is 0 Å². The summed E-state index contributed by atoms with van der Waals surface area (Å²) in [6.45, 7) is 0. The monoisotopic (exact) mass is 418 g/mol. The van der Waals surface area contributed by atoms with Crippen molar-refractivity contribution in [1.82, 2.24) is 9.88 Å². The van der Waals surface area contributed by atoms with E-state index in [9.17, 15) is 18.8 Å². The molecule has 0 unspecified atom stereocenters. The summed E-state index contributed by atoms with van der Waals surface area (Å²) in [5, 5.41) is 2.14. The number of benzene rings is 2. The van der Waals surface area contributed by atoms with Gasteiger partial charge >= 0.3 is 6.03 Å². The molecule has 0 radical (unpaired) electrons. The second kappa shape index (κ2) is 7.91. The maximum Gasteiger partial charge on any atom is 0.335 e.